The number of halogens is 1. The minimum atomic E-state index is -0.494. The van der Waals surface area contributed by atoms with E-state index in [9.17, 15) is 4.79 Å². The summed E-state index contributed by atoms with van der Waals surface area (Å²) >= 11 is 3.43. The number of hydrogen-bond donors (Lipinski definition) is 2. The lowest BCUT2D eigenvalue weighted by Crippen LogP contribution is -2.38. The van der Waals surface area contributed by atoms with Crippen molar-refractivity contribution in [3.05, 3.63) is 34.3 Å². The Balaban J connectivity index is 2.76. The van der Waals surface area contributed by atoms with Crippen LogP contribution < -0.4 is 10.6 Å². The Hall–Kier alpha value is -1.07. The van der Waals surface area contributed by atoms with E-state index in [1.807, 2.05) is 52.1 Å². The van der Waals surface area contributed by atoms with E-state index in [-0.39, 0.29) is 6.04 Å². The Labute approximate surface area is 123 Å². The lowest BCUT2D eigenvalue weighted by molar-refractivity contribution is 0.0503. The van der Waals surface area contributed by atoms with Crippen molar-refractivity contribution in [2.75, 3.05) is 13.6 Å². The number of amides is 1. The Kier molecular flexibility index (Phi) is 5.82. The number of benzene rings is 1. The largest absolute Gasteiger partial charge is 0.444 e. The fraction of sp³-hybridized carbons (Fsp3) is 0.500. The minimum Gasteiger partial charge on any atom is -0.444 e. The molecule has 0 heterocycles. The summed E-state index contributed by atoms with van der Waals surface area (Å²) in [5.41, 5.74) is 0.528. The highest BCUT2D eigenvalue weighted by Gasteiger charge is 2.20. The molecule has 0 saturated carbocycles. The van der Waals surface area contributed by atoms with Gasteiger partial charge in [0, 0.05) is 11.0 Å². The second kappa shape index (κ2) is 6.91. The average Bonchev–Trinajstić information content (AvgIpc) is 2.26. The van der Waals surface area contributed by atoms with Crippen molar-refractivity contribution in [2.24, 2.45) is 0 Å². The van der Waals surface area contributed by atoms with E-state index in [2.05, 4.69) is 26.6 Å². The van der Waals surface area contributed by atoms with Crippen LogP contribution in [-0.2, 0) is 4.74 Å². The van der Waals surface area contributed by atoms with E-state index in [1.54, 1.807) is 0 Å². The smallest absolute Gasteiger partial charge is 0.408 e. The third-order valence-corrected chi connectivity index (χ3v) is 2.84. The molecule has 1 atom stereocenters. The minimum absolute atomic E-state index is 0.127. The highest BCUT2D eigenvalue weighted by Crippen LogP contribution is 2.18. The molecule has 5 heteroatoms. The van der Waals surface area contributed by atoms with E-state index < -0.39 is 11.7 Å². The zero-order valence-corrected chi connectivity index (χ0v) is 13.4. The van der Waals surface area contributed by atoms with Crippen LogP contribution in [0, 0.1) is 0 Å². The van der Waals surface area contributed by atoms with Crippen LogP contribution in [0.25, 0.3) is 0 Å². The zero-order chi connectivity index (χ0) is 14.5. The standard InChI is InChI=1S/C14H21BrN2O2/c1-14(2,3)19-13(18)17-12(9-16-4)10-6-5-7-11(15)8-10/h5-8,12,16H,9H2,1-4H3,(H,17,18). The monoisotopic (exact) mass is 328 g/mol. The summed E-state index contributed by atoms with van der Waals surface area (Å²) in [5, 5.41) is 5.94. The van der Waals surface area contributed by atoms with Crippen molar-refractivity contribution >= 4 is 22.0 Å². The summed E-state index contributed by atoms with van der Waals surface area (Å²) in [6.45, 7) is 6.17. The molecule has 19 heavy (non-hydrogen) atoms. The summed E-state index contributed by atoms with van der Waals surface area (Å²) in [6, 6.07) is 7.73. The molecule has 0 radical (unpaired) electrons. The molecule has 0 aliphatic heterocycles. The molecule has 0 aliphatic carbocycles. The number of likely N-dealkylation sites (N-methyl/N-ethyl adjacent to an activating group) is 1. The van der Waals surface area contributed by atoms with Crippen LogP contribution in [-0.4, -0.2) is 25.3 Å². The molecular formula is C14H21BrN2O2. The summed E-state index contributed by atoms with van der Waals surface area (Å²) in [4.78, 5) is 11.8. The van der Waals surface area contributed by atoms with Crippen molar-refractivity contribution < 1.29 is 9.53 Å². The van der Waals surface area contributed by atoms with Gasteiger partial charge in [0.05, 0.1) is 6.04 Å². The molecule has 0 bridgehead atoms. The molecule has 1 rings (SSSR count). The quantitative estimate of drug-likeness (QED) is 0.892. The fourth-order valence-corrected chi connectivity index (χ4v) is 2.05. The van der Waals surface area contributed by atoms with Crippen LogP contribution in [0.15, 0.2) is 28.7 Å². The molecule has 106 valence electrons. The van der Waals surface area contributed by atoms with Gasteiger partial charge in [-0.25, -0.2) is 4.79 Å². The maximum atomic E-state index is 11.8. The Morgan fingerprint density at radius 3 is 2.63 bits per heavy atom. The molecule has 1 amide bonds. The van der Waals surface area contributed by atoms with Crippen LogP contribution >= 0.6 is 15.9 Å². The molecule has 1 unspecified atom stereocenters. The maximum absolute atomic E-state index is 11.8. The zero-order valence-electron chi connectivity index (χ0n) is 11.8. The summed E-state index contributed by atoms with van der Waals surface area (Å²) in [6.07, 6.45) is -0.410. The molecular weight excluding hydrogens is 308 g/mol. The van der Waals surface area contributed by atoms with Gasteiger partial charge in [0.2, 0.25) is 0 Å². The predicted octanol–water partition coefficient (Wildman–Crippen LogP) is 3.23. The van der Waals surface area contributed by atoms with Crippen LogP contribution in [0.5, 0.6) is 0 Å². The molecule has 1 aromatic rings. The van der Waals surface area contributed by atoms with Crippen LogP contribution in [0.3, 0.4) is 0 Å². The first-order valence-electron chi connectivity index (χ1n) is 6.21. The fourth-order valence-electron chi connectivity index (χ4n) is 1.63. The van der Waals surface area contributed by atoms with Gasteiger partial charge in [0.1, 0.15) is 5.60 Å². The molecule has 0 aliphatic rings. The van der Waals surface area contributed by atoms with Gasteiger partial charge in [-0.1, -0.05) is 28.1 Å². The summed E-state index contributed by atoms with van der Waals surface area (Å²) in [5.74, 6) is 0. The third-order valence-electron chi connectivity index (χ3n) is 2.35. The highest BCUT2D eigenvalue weighted by atomic mass is 79.9. The van der Waals surface area contributed by atoms with Gasteiger partial charge in [0.15, 0.2) is 0 Å². The second-order valence-electron chi connectivity index (χ2n) is 5.31. The van der Waals surface area contributed by atoms with Crippen molar-refractivity contribution in [1.29, 1.82) is 0 Å². The number of ether oxygens (including phenoxy) is 1. The van der Waals surface area contributed by atoms with Gasteiger partial charge < -0.3 is 15.4 Å². The van der Waals surface area contributed by atoms with Crippen LogP contribution in [0.4, 0.5) is 4.79 Å². The van der Waals surface area contributed by atoms with Crippen LogP contribution in [0.1, 0.15) is 32.4 Å². The number of rotatable bonds is 4. The molecule has 4 nitrogen and oxygen atoms in total. The van der Waals surface area contributed by atoms with Crippen molar-refractivity contribution in [1.82, 2.24) is 10.6 Å². The van der Waals surface area contributed by atoms with Gasteiger partial charge in [-0.15, -0.1) is 0 Å². The van der Waals surface area contributed by atoms with E-state index >= 15 is 0 Å². The van der Waals surface area contributed by atoms with Gasteiger partial charge >= 0.3 is 6.09 Å². The maximum Gasteiger partial charge on any atom is 0.408 e. The SMILES string of the molecule is CNCC(NC(=O)OC(C)(C)C)c1cccc(Br)c1. The number of alkyl carbamates (subject to hydrolysis) is 1. The van der Waals surface area contributed by atoms with Crippen LogP contribution in [0.2, 0.25) is 0 Å². The third kappa shape index (κ3) is 6.07. The van der Waals surface area contributed by atoms with Crippen molar-refractivity contribution in [3.8, 4) is 0 Å². The summed E-state index contributed by atoms with van der Waals surface area (Å²) < 4.78 is 6.26. The molecule has 2 N–H and O–H groups in total. The van der Waals surface area contributed by atoms with E-state index in [0.29, 0.717) is 6.54 Å². The first-order chi connectivity index (χ1) is 8.81. The Morgan fingerprint density at radius 1 is 1.42 bits per heavy atom. The first kappa shape index (κ1) is 16.0. The topological polar surface area (TPSA) is 50.4 Å². The van der Waals surface area contributed by atoms with Crippen molar-refractivity contribution in [2.45, 2.75) is 32.4 Å². The Morgan fingerprint density at radius 2 is 2.11 bits per heavy atom. The van der Waals surface area contributed by atoms with Gasteiger partial charge in [0.25, 0.3) is 0 Å². The van der Waals surface area contributed by atoms with Gasteiger partial charge in [-0.3, -0.25) is 0 Å². The molecule has 0 spiro atoms. The lowest BCUT2D eigenvalue weighted by atomic mass is 10.1. The Bertz CT molecular complexity index is 430. The number of hydrogen-bond acceptors (Lipinski definition) is 3. The molecule has 0 saturated heterocycles. The highest BCUT2D eigenvalue weighted by molar-refractivity contribution is 9.10. The molecule has 0 fully saturated rings. The van der Waals surface area contributed by atoms with E-state index in [4.69, 9.17) is 4.74 Å². The lowest BCUT2D eigenvalue weighted by Gasteiger charge is -2.24. The number of nitrogens with one attached hydrogen (secondary N) is 2. The van der Waals surface area contributed by atoms with Crippen molar-refractivity contribution in [3.63, 3.8) is 0 Å². The normalized spacial score (nSPS) is 12.9. The number of carbonyl (C=O) groups is 1. The second-order valence-corrected chi connectivity index (χ2v) is 6.23. The first-order valence-corrected chi connectivity index (χ1v) is 7.00. The van der Waals surface area contributed by atoms with E-state index in [0.717, 1.165) is 10.0 Å². The van der Waals surface area contributed by atoms with Gasteiger partial charge in [-0.2, -0.15) is 0 Å². The van der Waals surface area contributed by atoms with Gasteiger partial charge in [-0.05, 0) is 45.5 Å². The molecule has 0 aromatic heterocycles. The average molecular weight is 329 g/mol. The number of carbonyl (C=O) groups excluding carboxylic acids is 1. The molecule has 1 aromatic carbocycles. The van der Waals surface area contributed by atoms with E-state index in [1.165, 1.54) is 0 Å². The summed E-state index contributed by atoms with van der Waals surface area (Å²) in [7, 11) is 1.85. The predicted molar refractivity (Wildman–Crippen MR) is 80.2 cm³/mol.